The number of fused-ring (bicyclic) bond motifs is 1. The van der Waals surface area contributed by atoms with E-state index in [1.807, 2.05) is 38.2 Å². The Morgan fingerprint density at radius 1 is 1.05 bits per heavy atom. The molecule has 0 saturated heterocycles. The average Bonchev–Trinajstić information content (AvgIpc) is 2.99. The lowest BCUT2D eigenvalue weighted by Crippen LogP contribution is -2.49. The van der Waals surface area contributed by atoms with Crippen LogP contribution in [0.25, 0.3) is 0 Å². The highest BCUT2D eigenvalue weighted by molar-refractivity contribution is 7.92. The van der Waals surface area contributed by atoms with Gasteiger partial charge in [-0.2, -0.15) is 0 Å². The summed E-state index contributed by atoms with van der Waals surface area (Å²) in [6.07, 6.45) is -0.282. The number of likely N-dealkylation sites (N-methyl/N-ethyl adjacent to an activating group) is 1. The fourth-order valence-electron chi connectivity index (χ4n) is 4.89. The fraction of sp³-hybridized carbons (Fsp3) is 0.387. The number of carbonyl (C=O) groups is 1. The molecule has 1 aliphatic rings. The molecule has 0 aromatic heterocycles. The van der Waals surface area contributed by atoms with Crippen molar-refractivity contribution < 1.29 is 32.5 Å². The number of rotatable bonds is 11. The van der Waals surface area contributed by atoms with E-state index in [2.05, 4.69) is 9.62 Å². The monoisotopic (exact) mass is 597 g/mol. The second kappa shape index (κ2) is 13.5. The Balaban J connectivity index is 1.60. The first-order valence-corrected chi connectivity index (χ1v) is 15.2. The van der Waals surface area contributed by atoms with Gasteiger partial charge >= 0.3 is 0 Å². The van der Waals surface area contributed by atoms with E-state index in [1.54, 1.807) is 43.2 Å². The second-order valence-electron chi connectivity index (χ2n) is 10.7. The maximum Gasteiger partial charge on any atom is 0.261 e. The minimum absolute atomic E-state index is 0.0531. The molecule has 0 aliphatic carbocycles. The van der Waals surface area contributed by atoms with Crippen LogP contribution in [0.3, 0.4) is 0 Å². The zero-order chi connectivity index (χ0) is 30.4. The van der Waals surface area contributed by atoms with Crippen molar-refractivity contribution in [3.05, 3.63) is 77.9 Å². The van der Waals surface area contributed by atoms with Crippen LogP contribution in [0, 0.1) is 5.92 Å². The van der Waals surface area contributed by atoms with Crippen LogP contribution in [0.5, 0.6) is 17.2 Å². The number of nitrogens with one attached hydrogen (secondary N) is 1. The van der Waals surface area contributed by atoms with Crippen molar-refractivity contribution in [2.24, 2.45) is 5.92 Å². The summed E-state index contributed by atoms with van der Waals surface area (Å²) in [7, 11) is 1.22. The highest BCUT2D eigenvalue weighted by Gasteiger charge is 2.33. The SMILES string of the molecule is COc1ccc(CN(C)C[C@@H]2Oc3ccc(NS(=O)(=O)c4ccc(OC)cc4)cc3C(=O)N([C@H](C)CO)C[C@H]2C)cc1. The molecule has 0 radical (unpaired) electrons. The van der Waals surface area contributed by atoms with Gasteiger partial charge in [0.05, 0.1) is 37.3 Å². The molecule has 1 amide bonds. The Bertz CT molecular complexity index is 1460. The molecule has 3 aromatic carbocycles. The normalized spacial score (nSPS) is 18.0. The molecule has 1 heterocycles. The number of amides is 1. The molecule has 11 heteroatoms. The lowest BCUT2D eigenvalue weighted by Gasteiger charge is -2.38. The van der Waals surface area contributed by atoms with Crippen molar-refractivity contribution in [3.8, 4) is 17.2 Å². The third-order valence-electron chi connectivity index (χ3n) is 7.39. The lowest BCUT2D eigenvalue weighted by molar-refractivity contribution is 0.0341. The van der Waals surface area contributed by atoms with E-state index in [1.165, 1.54) is 25.3 Å². The van der Waals surface area contributed by atoms with Crippen molar-refractivity contribution in [3.63, 3.8) is 0 Å². The fourth-order valence-corrected chi connectivity index (χ4v) is 5.94. The number of carbonyl (C=O) groups excluding carboxylic acids is 1. The standard InChI is InChI=1S/C31H39N3O7S/c1-21-17-34(22(2)20-35)31(36)28-16-24(32-42(37,38)27-13-11-26(40-5)12-14-27)8-15-29(28)41-30(21)19-33(3)18-23-6-9-25(39-4)10-7-23/h6-16,21-22,30,32,35H,17-20H2,1-5H3/t21-,22-,30+/m1/s1. The Kier molecular flexibility index (Phi) is 9.97. The molecule has 1 aliphatic heterocycles. The zero-order valence-electron chi connectivity index (χ0n) is 24.6. The summed E-state index contributed by atoms with van der Waals surface area (Å²) in [6.45, 7) is 5.23. The minimum atomic E-state index is -3.93. The van der Waals surface area contributed by atoms with Crippen LogP contribution >= 0.6 is 0 Å². The summed E-state index contributed by atoms with van der Waals surface area (Å²) < 4.78 is 45.5. The summed E-state index contributed by atoms with van der Waals surface area (Å²) >= 11 is 0. The summed E-state index contributed by atoms with van der Waals surface area (Å²) in [4.78, 5) is 17.6. The summed E-state index contributed by atoms with van der Waals surface area (Å²) in [5.74, 6) is 1.30. The summed E-state index contributed by atoms with van der Waals surface area (Å²) in [6, 6.07) is 18.2. The van der Waals surface area contributed by atoms with Crippen LogP contribution in [0.1, 0.15) is 29.8 Å². The predicted octanol–water partition coefficient (Wildman–Crippen LogP) is 3.86. The first-order valence-electron chi connectivity index (χ1n) is 13.8. The molecule has 0 bridgehead atoms. The van der Waals surface area contributed by atoms with E-state index in [0.29, 0.717) is 31.1 Å². The van der Waals surface area contributed by atoms with Crippen LogP contribution in [0.2, 0.25) is 0 Å². The van der Waals surface area contributed by atoms with Crippen LogP contribution in [-0.2, 0) is 16.6 Å². The number of hydrogen-bond donors (Lipinski definition) is 2. The number of aliphatic hydroxyl groups excluding tert-OH is 1. The van der Waals surface area contributed by atoms with Gasteiger partial charge in [0, 0.05) is 31.2 Å². The van der Waals surface area contributed by atoms with Crippen molar-refractivity contribution in [2.75, 3.05) is 45.7 Å². The highest BCUT2D eigenvalue weighted by Crippen LogP contribution is 2.32. The molecule has 0 unspecified atom stereocenters. The zero-order valence-corrected chi connectivity index (χ0v) is 25.4. The molecule has 0 saturated carbocycles. The van der Waals surface area contributed by atoms with Crippen molar-refractivity contribution in [1.82, 2.24) is 9.80 Å². The van der Waals surface area contributed by atoms with Gasteiger partial charge in [-0.05, 0) is 74.1 Å². The predicted molar refractivity (Wildman–Crippen MR) is 161 cm³/mol. The Labute approximate surface area is 247 Å². The summed E-state index contributed by atoms with van der Waals surface area (Å²) in [5, 5.41) is 9.94. The van der Waals surface area contributed by atoms with Crippen molar-refractivity contribution >= 4 is 21.6 Å². The number of hydrogen-bond acceptors (Lipinski definition) is 8. The van der Waals surface area contributed by atoms with Crippen LogP contribution in [-0.4, -0.2) is 82.3 Å². The van der Waals surface area contributed by atoms with Gasteiger partial charge in [0.15, 0.2) is 0 Å². The smallest absolute Gasteiger partial charge is 0.261 e. The largest absolute Gasteiger partial charge is 0.497 e. The molecule has 4 rings (SSSR count). The molecule has 2 N–H and O–H groups in total. The van der Waals surface area contributed by atoms with Gasteiger partial charge in [-0.1, -0.05) is 19.1 Å². The van der Waals surface area contributed by atoms with Gasteiger partial charge in [0.2, 0.25) is 0 Å². The Hall–Kier alpha value is -3.80. The Morgan fingerprint density at radius 2 is 1.67 bits per heavy atom. The first-order chi connectivity index (χ1) is 20.0. The number of methoxy groups -OCH3 is 2. The van der Waals surface area contributed by atoms with Crippen LogP contribution in [0.15, 0.2) is 71.6 Å². The van der Waals surface area contributed by atoms with Gasteiger partial charge < -0.3 is 24.2 Å². The third-order valence-corrected chi connectivity index (χ3v) is 8.79. The van der Waals surface area contributed by atoms with Crippen molar-refractivity contribution in [1.29, 1.82) is 0 Å². The number of nitrogens with zero attached hydrogens (tertiary/aromatic N) is 2. The molecule has 3 aromatic rings. The van der Waals surface area contributed by atoms with E-state index >= 15 is 0 Å². The molecule has 10 nitrogen and oxygen atoms in total. The second-order valence-corrected chi connectivity index (χ2v) is 12.3. The number of sulfonamides is 1. The van der Waals surface area contributed by atoms with Crippen LogP contribution < -0.4 is 18.9 Å². The van der Waals surface area contributed by atoms with E-state index < -0.39 is 16.1 Å². The van der Waals surface area contributed by atoms with E-state index in [9.17, 15) is 18.3 Å². The summed E-state index contributed by atoms with van der Waals surface area (Å²) in [5.41, 5.74) is 1.57. The molecule has 0 spiro atoms. The molecule has 226 valence electrons. The van der Waals surface area contributed by atoms with Gasteiger partial charge in [0.1, 0.15) is 23.4 Å². The number of ether oxygens (including phenoxy) is 3. The third kappa shape index (κ3) is 7.33. The molecular weight excluding hydrogens is 558 g/mol. The number of aliphatic hydroxyl groups is 1. The average molecular weight is 598 g/mol. The van der Waals surface area contributed by atoms with E-state index in [4.69, 9.17) is 14.2 Å². The van der Waals surface area contributed by atoms with Crippen LogP contribution in [0.4, 0.5) is 5.69 Å². The maximum absolute atomic E-state index is 13.7. The topological polar surface area (TPSA) is 118 Å². The van der Waals surface area contributed by atoms with E-state index in [0.717, 1.165) is 11.3 Å². The number of benzene rings is 3. The van der Waals surface area contributed by atoms with Gasteiger partial charge in [-0.15, -0.1) is 0 Å². The van der Waals surface area contributed by atoms with Gasteiger partial charge in [-0.25, -0.2) is 8.42 Å². The molecule has 42 heavy (non-hydrogen) atoms. The lowest BCUT2D eigenvalue weighted by atomic mass is 9.99. The number of anilines is 1. The molecule has 3 atom stereocenters. The first kappa shape index (κ1) is 31.1. The van der Waals surface area contributed by atoms with E-state index in [-0.39, 0.29) is 40.7 Å². The minimum Gasteiger partial charge on any atom is -0.497 e. The van der Waals surface area contributed by atoms with Gasteiger partial charge in [-0.3, -0.25) is 14.4 Å². The van der Waals surface area contributed by atoms with Gasteiger partial charge in [0.25, 0.3) is 15.9 Å². The van der Waals surface area contributed by atoms with Crippen molar-refractivity contribution in [2.45, 2.75) is 37.4 Å². The highest BCUT2D eigenvalue weighted by atomic mass is 32.2. The molecule has 0 fully saturated rings. The quantitative estimate of drug-likeness (QED) is 0.342. The molecular formula is C31H39N3O7S. The Morgan fingerprint density at radius 3 is 2.26 bits per heavy atom. The maximum atomic E-state index is 13.7.